The molecule has 1 amide bonds. The zero-order chi connectivity index (χ0) is 15.2. The summed E-state index contributed by atoms with van der Waals surface area (Å²) in [6.07, 6.45) is 0.717. The minimum atomic E-state index is -0.522. The SMILES string of the molecule is CCOC(=O)CC(=O)c1ccc(C2=NNC(=O)CC2)cc1. The van der Waals surface area contributed by atoms with Crippen LogP contribution in [0, 0.1) is 0 Å². The molecule has 0 saturated carbocycles. The quantitative estimate of drug-likeness (QED) is 0.504. The molecule has 0 fully saturated rings. The van der Waals surface area contributed by atoms with Gasteiger partial charge in [0.15, 0.2) is 5.78 Å². The highest BCUT2D eigenvalue weighted by Crippen LogP contribution is 2.13. The van der Waals surface area contributed by atoms with Gasteiger partial charge in [-0.25, -0.2) is 5.43 Å². The van der Waals surface area contributed by atoms with Gasteiger partial charge in [-0.05, 0) is 12.5 Å². The number of ether oxygens (including phenoxy) is 1. The highest BCUT2D eigenvalue weighted by molar-refractivity contribution is 6.07. The van der Waals surface area contributed by atoms with Crippen molar-refractivity contribution in [2.45, 2.75) is 26.2 Å². The molecule has 1 heterocycles. The number of hydrogen-bond donors (Lipinski definition) is 1. The van der Waals surface area contributed by atoms with E-state index in [1.165, 1.54) is 0 Å². The molecule has 1 aromatic carbocycles. The Morgan fingerprint density at radius 2 is 1.95 bits per heavy atom. The molecular formula is C15H16N2O4. The van der Waals surface area contributed by atoms with E-state index in [4.69, 9.17) is 4.74 Å². The summed E-state index contributed by atoms with van der Waals surface area (Å²) in [6.45, 7) is 1.96. The standard InChI is InChI=1S/C15H16N2O4/c1-2-21-15(20)9-13(18)11-5-3-10(4-6-11)12-7-8-14(19)17-16-12/h3-6H,2,7-9H2,1H3,(H,17,19). The van der Waals surface area contributed by atoms with E-state index in [2.05, 4.69) is 10.5 Å². The number of carbonyl (C=O) groups excluding carboxylic acids is 3. The highest BCUT2D eigenvalue weighted by Gasteiger charge is 2.15. The van der Waals surface area contributed by atoms with Gasteiger partial charge >= 0.3 is 5.97 Å². The van der Waals surface area contributed by atoms with Crippen LogP contribution >= 0.6 is 0 Å². The Kier molecular flexibility index (Phi) is 4.81. The van der Waals surface area contributed by atoms with E-state index >= 15 is 0 Å². The maximum Gasteiger partial charge on any atom is 0.313 e. The van der Waals surface area contributed by atoms with Crippen molar-refractivity contribution in [2.75, 3.05) is 6.61 Å². The Bertz CT molecular complexity index is 590. The van der Waals surface area contributed by atoms with Crippen LogP contribution in [0.15, 0.2) is 29.4 Å². The molecule has 0 aromatic heterocycles. The molecule has 0 atom stereocenters. The van der Waals surface area contributed by atoms with Crippen LogP contribution in [0.3, 0.4) is 0 Å². The van der Waals surface area contributed by atoms with Gasteiger partial charge in [-0.1, -0.05) is 24.3 Å². The third-order valence-corrected chi connectivity index (χ3v) is 3.05. The van der Waals surface area contributed by atoms with Gasteiger partial charge in [0.1, 0.15) is 6.42 Å². The largest absolute Gasteiger partial charge is 0.466 e. The lowest BCUT2D eigenvalue weighted by Gasteiger charge is -2.12. The molecule has 6 heteroatoms. The zero-order valence-corrected chi connectivity index (χ0v) is 11.7. The monoisotopic (exact) mass is 288 g/mol. The highest BCUT2D eigenvalue weighted by atomic mass is 16.5. The molecule has 1 N–H and O–H groups in total. The van der Waals surface area contributed by atoms with Crippen molar-refractivity contribution >= 4 is 23.4 Å². The summed E-state index contributed by atoms with van der Waals surface area (Å²) < 4.78 is 4.74. The van der Waals surface area contributed by atoms with Crippen LogP contribution in [0.1, 0.15) is 42.1 Å². The molecule has 2 rings (SSSR count). The fourth-order valence-corrected chi connectivity index (χ4v) is 1.98. The van der Waals surface area contributed by atoms with Crippen LogP contribution in [0.25, 0.3) is 0 Å². The second-order valence-electron chi connectivity index (χ2n) is 4.58. The number of carbonyl (C=O) groups is 3. The molecule has 0 aliphatic carbocycles. The van der Waals surface area contributed by atoms with Crippen molar-refractivity contribution in [1.82, 2.24) is 5.43 Å². The smallest absolute Gasteiger partial charge is 0.313 e. The van der Waals surface area contributed by atoms with Gasteiger partial charge < -0.3 is 4.74 Å². The Balaban J connectivity index is 2.03. The van der Waals surface area contributed by atoms with Crippen LogP contribution in [0.4, 0.5) is 0 Å². The van der Waals surface area contributed by atoms with E-state index in [-0.39, 0.29) is 24.7 Å². The number of rotatable bonds is 5. The molecule has 6 nitrogen and oxygen atoms in total. The predicted octanol–water partition coefficient (Wildman–Crippen LogP) is 1.44. The molecule has 0 saturated heterocycles. The lowest BCUT2D eigenvalue weighted by molar-refractivity contribution is -0.142. The van der Waals surface area contributed by atoms with Crippen LogP contribution in [0.5, 0.6) is 0 Å². The first-order valence-electron chi connectivity index (χ1n) is 6.75. The first-order valence-corrected chi connectivity index (χ1v) is 6.75. The van der Waals surface area contributed by atoms with Crippen molar-refractivity contribution in [3.8, 4) is 0 Å². The van der Waals surface area contributed by atoms with Crippen molar-refractivity contribution in [1.29, 1.82) is 0 Å². The Morgan fingerprint density at radius 3 is 2.52 bits per heavy atom. The Hall–Kier alpha value is -2.50. The van der Waals surface area contributed by atoms with E-state index in [1.807, 2.05) is 0 Å². The number of nitrogens with one attached hydrogen (secondary N) is 1. The fraction of sp³-hybridized carbons (Fsp3) is 0.333. The summed E-state index contributed by atoms with van der Waals surface area (Å²) in [6, 6.07) is 6.81. The van der Waals surface area contributed by atoms with Gasteiger partial charge in [-0.15, -0.1) is 0 Å². The summed E-state index contributed by atoms with van der Waals surface area (Å²) in [5.74, 6) is -0.898. The second kappa shape index (κ2) is 6.78. The molecule has 21 heavy (non-hydrogen) atoms. The number of esters is 1. The maximum atomic E-state index is 11.9. The van der Waals surface area contributed by atoms with Crippen molar-refractivity contribution in [2.24, 2.45) is 5.10 Å². The normalized spacial score (nSPS) is 14.1. The summed E-state index contributed by atoms with van der Waals surface area (Å²) in [5, 5.41) is 3.99. The second-order valence-corrected chi connectivity index (χ2v) is 4.58. The summed E-state index contributed by atoms with van der Waals surface area (Å²) in [4.78, 5) is 34.2. The number of nitrogens with zero attached hydrogens (tertiary/aromatic N) is 1. The van der Waals surface area contributed by atoms with Crippen LogP contribution in [-0.2, 0) is 14.3 Å². The molecule has 0 unspecified atom stereocenters. The average molecular weight is 288 g/mol. The molecule has 1 aliphatic rings. The van der Waals surface area contributed by atoms with Crippen LogP contribution in [-0.4, -0.2) is 30.0 Å². The number of hydrazone groups is 1. The molecule has 110 valence electrons. The van der Waals surface area contributed by atoms with Gasteiger partial charge in [0.05, 0.1) is 12.3 Å². The number of benzene rings is 1. The van der Waals surface area contributed by atoms with Gasteiger partial charge in [-0.2, -0.15) is 5.10 Å². The van der Waals surface area contributed by atoms with Crippen LogP contribution in [0.2, 0.25) is 0 Å². The Labute approximate surface area is 122 Å². The fourth-order valence-electron chi connectivity index (χ4n) is 1.98. The molecule has 0 spiro atoms. The Morgan fingerprint density at radius 1 is 1.24 bits per heavy atom. The summed E-state index contributed by atoms with van der Waals surface area (Å²) >= 11 is 0. The van der Waals surface area contributed by atoms with Gasteiger partial charge in [0.25, 0.3) is 0 Å². The minimum absolute atomic E-state index is 0.0972. The van der Waals surface area contributed by atoms with E-state index < -0.39 is 5.97 Å². The maximum absolute atomic E-state index is 11.9. The van der Waals surface area contributed by atoms with Crippen molar-refractivity contribution < 1.29 is 19.1 Å². The first-order chi connectivity index (χ1) is 10.1. The zero-order valence-electron chi connectivity index (χ0n) is 11.7. The number of Topliss-reactive ketones (excluding diaryl/α,β-unsaturated/α-hetero) is 1. The molecule has 1 aromatic rings. The molecule has 1 aliphatic heterocycles. The predicted molar refractivity (Wildman–Crippen MR) is 75.9 cm³/mol. The molecular weight excluding hydrogens is 272 g/mol. The average Bonchev–Trinajstić information content (AvgIpc) is 2.48. The van der Waals surface area contributed by atoms with Gasteiger partial charge in [-0.3, -0.25) is 14.4 Å². The van der Waals surface area contributed by atoms with E-state index in [9.17, 15) is 14.4 Å². The summed E-state index contributed by atoms with van der Waals surface area (Å²) in [7, 11) is 0. The molecule has 0 radical (unpaired) electrons. The van der Waals surface area contributed by atoms with Crippen LogP contribution < -0.4 is 5.43 Å². The molecule has 0 bridgehead atoms. The third kappa shape index (κ3) is 3.98. The van der Waals surface area contributed by atoms with E-state index in [0.717, 1.165) is 11.3 Å². The number of ketones is 1. The van der Waals surface area contributed by atoms with Gasteiger partial charge in [0.2, 0.25) is 5.91 Å². The lowest BCUT2D eigenvalue weighted by atomic mass is 10.0. The summed E-state index contributed by atoms with van der Waals surface area (Å²) in [5.41, 5.74) is 4.51. The topological polar surface area (TPSA) is 84.8 Å². The number of hydrogen-bond acceptors (Lipinski definition) is 5. The van der Waals surface area contributed by atoms with Gasteiger partial charge in [0, 0.05) is 18.4 Å². The number of amides is 1. The lowest BCUT2D eigenvalue weighted by Crippen LogP contribution is -2.25. The minimum Gasteiger partial charge on any atom is -0.466 e. The van der Waals surface area contributed by atoms with E-state index in [1.54, 1.807) is 31.2 Å². The third-order valence-electron chi connectivity index (χ3n) is 3.05. The van der Waals surface area contributed by atoms with E-state index in [0.29, 0.717) is 18.4 Å². The first kappa shape index (κ1) is 14.9. The van der Waals surface area contributed by atoms with Crippen molar-refractivity contribution in [3.05, 3.63) is 35.4 Å². The van der Waals surface area contributed by atoms with Crippen molar-refractivity contribution in [3.63, 3.8) is 0 Å².